The third kappa shape index (κ3) is 4.05. The van der Waals surface area contributed by atoms with Gasteiger partial charge in [0.1, 0.15) is 0 Å². The van der Waals surface area contributed by atoms with Crippen LogP contribution in [0.5, 0.6) is 0 Å². The molecular weight excluding hydrogens is 536 g/mol. The van der Waals surface area contributed by atoms with Crippen molar-refractivity contribution < 1.29 is 0 Å². The Morgan fingerprint density at radius 3 is 1.36 bits per heavy atom. The summed E-state index contributed by atoms with van der Waals surface area (Å²) in [7, 11) is 0. The number of hydrogen-bond acceptors (Lipinski definition) is 3. The number of para-hydroxylation sites is 4. The molecule has 0 radical (unpaired) electrons. The summed E-state index contributed by atoms with van der Waals surface area (Å²) in [6.07, 6.45) is 1.75. The highest BCUT2D eigenvalue weighted by atomic mass is 15.2. The largest absolute Gasteiger partial charge is 0.311 e. The molecule has 206 valence electrons. The normalized spacial score (nSPS) is 12.7. The van der Waals surface area contributed by atoms with E-state index in [9.17, 15) is 5.26 Å². The number of nitrogens with zero attached hydrogens (tertiary/aromatic N) is 4. The zero-order chi connectivity index (χ0) is 29.6. The summed E-state index contributed by atoms with van der Waals surface area (Å²) in [6, 6.07) is 48.2. The second-order valence-corrected chi connectivity index (χ2v) is 11.2. The summed E-state index contributed by atoms with van der Waals surface area (Å²) in [5.41, 5.74) is 13.9. The van der Waals surface area contributed by atoms with E-state index in [1.54, 1.807) is 0 Å². The molecule has 0 amide bonds. The molecular formula is C40H26N4. The van der Waals surface area contributed by atoms with E-state index in [-0.39, 0.29) is 0 Å². The molecule has 4 heteroatoms. The molecule has 0 unspecified atom stereocenters. The van der Waals surface area contributed by atoms with E-state index >= 15 is 0 Å². The highest BCUT2D eigenvalue weighted by Gasteiger charge is 2.26. The first-order chi connectivity index (χ1) is 21.7. The van der Waals surface area contributed by atoms with Crippen molar-refractivity contribution in [2.75, 3.05) is 9.80 Å². The van der Waals surface area contributed by atoms with Crippen molar-refractivity contribution in [2.45, 2.75) is 12.8 Å². The van der Waals surface area contributed by atoms with Crippen LogP contribution in [0.25, 0.3) is 16.0 Å². The summed E-state index contributed by atoms with van der Waals surface area (Å²) in [6.45, 7) is 8.14. The molecule has 0 bridgehead atoms. The molecule has 2 aliphatic rings. The van der Waals surface area contributed by atoms with Crippen LogP contribution in [-0.2, 0) is 12.8 Å². The summed E-state index contributed by atoms with van der Waals surface area (Å²) in [5, 5.41) is 10.4. The van der Waals surface area contributed by atoms with Crippen molar-refractivity contribution in [2.24, 2.45) is 0 Å². The number of rotatable bonds is 3. The van der Waals surface area contributed by atoms with Crippen molar-refractivity contribution in [3.8, 4) is 17.2 Å². The molecule has 8 rings (SSSR count). The van der Waals surface area contributed by atoms with E-state index < -0.39 is 0 Å². The predicted octanol–water partition coefficient (Wildman–Crippen LogP) is 10.5. The molecule has 0 spiro atoms. The number of anilines is 6. The Kier molecular flexibility index (Phi) is 6.00. The quantitative estimate of drug-likeness (QED) is 0.201. The van der Waals surface area contributed by atoms with E-state index in [1.807, 2.05) is 24.3 Å². The molecule has 6 aromatic carbocycles. The Morgan fingerprint density at radius 2 is 0.932 bits per heavy atom. The molecule has 0 aromatic heterocycles. The van der Waals surface area contributed by atoms with Gasteiger partial charge in [-0.25, -0.2) is 4.85 Å². The van der Waals surface area contributed by atoms with Gasteiger partial charge in [-0.1, -0.05) is 84.9 Å². The average Bonchev–Trinajstić information content (AvgIpc) is 3.09. The molecule has 0 saturated carbocycles. The Labute approximate surface area is 257 Å². The molecule has 0 saturated heterocycles. The summed E-state index contributed by atoms with van der Waals surface area (Å²) in [4.78, 5) is 8.45. The molecule has 2 aliphatic heterocycles. The highest BCUT2D eigenvalue weighted by molar-refractivity contribution is 5.91. The van der Waals surface area contributed by atoms with Gasteiger partial charge < -0.3 is 9.80 Å². The van der Waals surface area contributed by atoms with Gasteiger partial charge in [-0.05, 0) is 81.9 Å². The van der Waals surface area contributed by atoms with E-state index in [0.717, 1.165) is 58.1 Å². The first-order valence-electron chi connectivity index (χ1n) is 14.7. The first-order valence-corrected chi connectivity index (χ1v) is 14.7. The Hall–Kier alpha value is -6.10. The second kappa shape index (κ2) is 10.3. The fourth-order valence-corrected chi connectivity index (χ4v) is 6.72. The van der Waals surface area contributed by atoms with Crippen LogP contribution < -0.4 is 9.80 Å². The molecule has 0 aliphatic carbocycles. The molecule has 2 heterocycles. The minimum atomic E-state index is 0.515. The van der Waals surface area contributed by atoms with E-state index in [2.05, 4.69) is 130 Å². The minimum absolute atomic E-state index is 0.515. The second-order valence-electron chi connectivity index (χ2n) is 11.2. The fourth-order valence-electron chi connectivity index (χ4n) is 6.72. The number of benzene rings is 6. The fraction of sp³-hybridized carbons (Fsp3) is 0.0500. The van der Waals surface area contributed by atoms with Gasteiger partial charge in [0.05, 0.1) is 18.2 Å². The third-order valence-corrected chi connectivity index (χ3v) is 8.72. The molecule has 6 aromatic rings. The van der Waals surface area contributed by atoms with Crippen LogP contribution in [-0.4, -0.2) is 0 Å². The standard InChI is InChI=1S/C40H26N4/c1-42-36-25-33(44-39-16-8-4-12-29(39)23-30-13-5-9-17-40(30)44)19-21-35(36)34-20-18-32(24-31(34)26-41)43-37-14-6-2-10-27(37)22-28-11-3-7-15-38(28)43/h2-21,24-25H,22-23H2. The van der Waals surface area contributed by atoms with E-state index in [4.69, 9.17) is 6.57 Å². The van der Waals surface area contributed by atoms with Crippen LogP contribution in [0, 0.1) is 17.9 Å². The monoisotopic (exact) mass is 562 g/mol. The summed E-state index contributed by atoms with van der Waals surface area (Å²) in [5.74, 6) is 0. The zero-order valence-corrected chi connectivity index (χ0v) is 23.9. The van der Waals surface area contributed by atoms with Gasteiger partial charge in [-0.15, -0.1) is 0 Å². The smallest absolute Gasteiger partial charge is 0.197 e. The van der Waals surface area contributed by atoms with Crippen LogP contribution in [0.3, 0.4) is 0 Å². The zero-order valence-electron chi connectivity index (χ0n) is 23.9. The average molecular weight is 563 g/mol. The summed E-state index contributed by atoms with van der Waals surface area (Å²) >= 11 is 0. The van der Waals surface area contributed by atoms with Crippen LogP contribution in [0.4, 0.5) is 39.8 Å². The lowest BCUT2D eigenvalue weighted by molar-refractivity contribution is 1.09. The SMILES string of the molecule is [C-]#[N+]c1cc(N2c3ccccc3Cc3ccccc32)ccc1-c1ccc(N2c3ccccc3Cc3ccccc32)cc1C#N. The lowest BCUT2D eigenvalue weighted by Gasteiger charge is -2.34. The van der Waals surface area contributed by atoms with Gasteiger partial charge in [0.25, 0.3) is 0 Å². The topological polar surface area (TPSA) is 34.6 Å². The molecule has 0 N–H and O–H groups in total. The van der Waals surface area contributed by atoms with Gasteiger partial charge in [0, 0.05) is 47.0 Å². The van der Waals surface area contributed by atoms with Crippen molar-refractivity contribution in [3.05, 3.63) is 173 Å². The van der Waals surface area contributed by atoms with Crippen LogP contribution in [0.1, 0.15) is 27.8 Å². The lowest BCUT2D eigenvalue weighted by Crippen LogP contribution is -2.18. The molecule has 0 atom stereocenters. The van der Waals surface area contributed by atoms with Crippen molar-refractivity contribution >= 4 is 39.8 Å². The van der Waals surface area contributed by atoms with Crippen LogP contribution in [0.2, 0.25) is 0 Å². The summed E-state index contributed by atoms with van der Waals surface area (Å²) < 4.78 is 0. The van der Waals surface area contributed by atoms with Gasteiger partial charge in [-0.2, -0.15) is 5.26 Å². The Balaban J connectivity index is 1.23. The maximum Gasteiger partial charge on any atom is 0.197 e. The number of nitriles is 1. The molecule has 44 heavy (non-hydrogen) atoms. The van der Waals surface area contributed by atoms with Crippen molar-refractivity contribution in [1.82, 2.24) is 0 Å². The van der Waals surface area contributed by atoms with Crippen LogP contribution in [0.15, 0.2) is 133 Å². The van der Waals surface area contributed by atoms with Gasteiger partial charge >= 0.3 is 0 Å². The number of fused-ring (bicyclic) bond motifs is 4. The van der Waals surface area contributed by atoms with Crippen molar-refractivity contribution in [1.29, 1.82) is 5.26 Å². The third-order valence-electron chi connectivity index (χ3n) is 8.72. The first kappa shape index (κ1) is 25.6. The van der Waals surface area contributed by atoms with E-state index in [0.29, 0.717) is 11.3 Å². The Morgan fingerprint density at radius 1 is 0.523 bits per heavy atom. The van der Waals surface area contributed by atoms with Gasteiger partial charge in [0.15, 0.2) is 5.69 Å². The van der Waals surface area contributed by atoms with Gasteiger partial charge in [-0.3, -0.25) is 0 Å². The highest BCUT2D eigenvalue weighted by Crippen LogP contribution is 2.48. The van der Waals surface area contributed by atoms with Gasteiger partial charge in [0.2, 0.25) is 0 Å². The molecule has 0 fully saturated rings. The molecule has 4 nitrogen and oxygen atoms in total. The van der Waals surface area contributed by atoms with E-state index in [1.165, 1.54) is 22.3 Å². The predicted molar refractivity (Wildman–Crippen MR) is 178 cm³/mol. The number of hydrogen-bond donors (Lipinski definition) is 0. The maximum absolute atomic E-state index is 10.4. The minimum Gasteiger partial charge on any atom is -0.311 e. The lowest BCUT2D eigenvalue weighted by atomic mass is 9.93. The van der Waals surface area contributed by atoms with Crippen LogP contribution >= 0.6 is 0 Å². The van der Waals surface area contributed by atoms with Crippen molar-refractivity contribution in [3.63, 3.8) is 0 Å². The Bertz CT molecular complexity index is 1930. The maximum atomic E-state index is 10.4.